The lowest BCUT2D eigenvalue weighted by molar-refractivity contribution is 0.460. The lowest BCUT2D eigenvalue weighted by atomic mass is 10.0. The molecule has 0 aliphatic heterocycles. The summed E-state index contributed by atoms with van der Waals surface area (Å²) in [5, 5.41) is 1.16. The lowest BCUT2D eigenvalue weighted by Crippen LogP contribution is -2.08. The summed E-state index contributed by atoms with van der Waals surface area (Å²) in [6, 6.07) is 8.39. The third-order valence-electron chi connectivity index (χ3n) is 3.67. The number of aryl methyl sites for hydroxylation is 1. The van der Waals surface area contributed by atoms with Crippen LogP contribution < -0.4 is 5.73 Å². The van der Waals surface area contributed by atoms with Gasteiger partial charge in [0.15, 0.2) is 0 Å². The van der Waals surface area contributed by atoms with Gasteiger partial charge in [0.05, 0.1) is 6.04 Å². The molecule has 0 aliphatic rings. The van der Waals surface area contributed by atoms with E-state index in [9.17, 15) is 0 Å². The van der Waals surface area contributed by atoms with Gasteiger partial charge in [0, 0.05) is 5.39 Å². The number of nitrogens with two attached hydrogens (primary N) is 1. The maximum Gasteiger partial charge on any atom is 0.134 e. The van der Waals surface area contributed by atoms with Crippen LogP contribution in [-0.4, -0.2) is 0 Å². The van der Waals surface area contributed by atoms with Crippen molar-refractivity contribution in [3.05, 3.63) is 35.6 Å². The topological polar surface area (TPSA) is 39.2 Å². The number of fused-ring (bicyclic) bond motifs is 1. The van der Waals surface area contributed by atoms with Gasteiger partial charge in [0.25, 0.3) is 0 Å². The maximum atomic E-state index is 6.22. The predicted molar refractivity (Wildman–Crippen MR) is 81.3 cm³/mol. The molecule has 2 heteroatoms. The maximum absolute atomic E-state index is 6.22. The second-order valence-corrected chi connectivity index (χ2v) is 5.50. The molecular formula is C17H25NO. The molecule has 0 spiro atoms. The summed E-state index contributed by atoms with van der Waals surface area (Å²) < 4.78 is 5.84. The second kappa shape index (κ2) is 6.76. The molecule has 1 heterocycles. The molecule has 1 unspecified atom stereocenters. The molecule has 104 valence electrons. The van der Waals surface area contributed by atoms with Gasteiger partial charge in [-0.05, 0) is 31.5 Å². The second-order valence-electron chi connectivity index (χ2n) is 5.50. The zero-order chi connectivity index (χ0) is 13.7. The summed E-state index contributed by atoms with van der Waals surface area (Å²) in [5.41, 5.74) is 8.42. The first-order chi connectivity index (χ1) is 9.20. The van der Waals surface area contributed by atoms with Crippen molar-refractivity contribution in [2.75, 3.05) is 0 Å². The Morgan fingerprint density at radius 1 is 1.11 bits per heavy atom. The van der Waals surface area contributed by atoms with Crippen LogP contribution in [-0.2, 0) is 0 Å². The summed E-state index contributed by atoms with van der Waals surface area (Å²) in [7, 11) is 0. The molecule has 0 radical (unpaired) electrons. The number of rotatable bonds is 7. The Balaban J connectivity index is 1.91. The number of furan rings is 1. The summed E-state index contributed by atoms with van der Waals surface area (Å²) in [5.74, 6) is 0.927. The van der Waals surface area contributed by atoms with Gasteiger partial charge in [-0.25, -0.2) is 0 Å². The van der Waals surface area contributed by atoms with E-state index in [0.29, 0.717) is 0 Å². The summed E-state index contributed by atoms with van der Waals surface area (Å²) in [6.07, 6.45) is 7.43. The molecule has 0 amide bonds. The number of hydrogen-bond acceptors (Lipinski definition) is 2. The van der Waals surface area contributed by atoms with Crippen LogP contribution in [0.2, 0.25) is 0 Å². The zero-order valence-corrected chi connectivity index (χ0v) is 12.1. The summed E-state index contributed by atoms with van der Waals surface area (Å²) >= 11 is 0. The molecule has 2 N–H and O–H groups in total. The van der Waals surface area contributed by atoms with Crippen LogP contribution in [0, 0.1) is 6.92 Å². The monoisotopic (exact) mass is 259 g/mol. The Morgan fingerprint density at radius 2 is 1.89 bits per heavy atom. The quantitative estimate of drug-likeness (QED) is 0.702. The molecule has 2 rings (SSSR count). The number of hydrogen-bond donors (Lipinski definition) is 1. The number of benzene rings is 1. The van der Waals surface area contributed by atoms with Gasteiger partial charge < -0.3 is 10.2 Å². The van der Waals surface area contributed by atoms with Gasteiger partial charge in [-0.1, -0.05) is 50.7 Å². The molecule has 1 aromatic heterocycles. The third kappa shape index (κ3) is 3.84. The fourth-order valence-electron chi connectivity index (χ4n) is 2.48. The van der Waals surface area contributed by atoms with Gasteiger partial charge in [0.2, 0.25) is 0 Å². The van der Waals surface area contributed by atoms with Crippen LogP contribution in [0.4, 0.5) is 0 Å². The molecule has 0 aliphatic carbocycles. The smallest absolute Gasteiger partial charge is 0.134 e. The molecule has 0 saturated carbocycles. The highest BCUT2D eigenvalue weighted by molar-refractivity contribution is 5.78. The lowest BCUT2D eigenvalue weighted by Gasteiger charge is -2.07. The van der Waals surface area contributed by atoms with Crippen molar-refractivity contribution < 1.29 is 4.42 Å². The minimum Gasteiger partial charge on any atom is -0.459 e. The molecule has 0 fully saturated rings. The van der Waals surface area contributed by atoms with Crippen molar-refractivity contribution in [1.82, 2.24) is 0 Å². The molecule has 19 heavy (non-hydrogen) atoms. The van der Waals surface area contributed by atoms with Crippen LogP contribution in [0.15, 0.2) is 28.7 Å². The van der Waals surface area contributed by atoms with Crippen LogP contribution in [0.1, 0.15) is 62.8 Å². The minimum absolute atomic E-state index is 0.0364. The van der Waals surface area contributed by atoms with E-state index in [4.69, 9.17) is 10.2 Å². The zero-order valence-electron chi connectivity index (χ0n) is 12.1. The van der Waals surface area contributed by atoms with E-state index in [1.54, 1.807) is 0 Å². The molecule has 2 aromatic rings. The van der Waals surface area contributed by atoms with Crippen LogP contribution in [0.3, 0.4) is 0 Å². The normalized spacial score (nSPS) is 13.0. The van der Waals surface area contributed by atoms with E-state index in [2.05, 4.69) is 32.0 Å². The van der Waals surface area contributed by atoms with Crippen molar-refractivity contribution in [2.45, 2.75) is 58.4 Å². The minimum atomic E-state index is 0.0364. The predicted octanol–water partition coefficient (Wildman–Crippen LogP) is 5.10. The van der Waals surface area contributed by atoms with E-state index >= 15 is 0 Å². The van der Waals surface area contributed by atoms with E-state index < -0.39 is 0 Å². The number of unbranched alkanes of at least 4 members (excludes halogenated alkanes) is 4. The molecular weight excluding hydrogens is 234 g/mol. The third-order valence-corrected chi connectivity index (χ3v) is 3.67. The van der Waals surface area contributed by atoms with Gasteiger partial charge in [-0.3, -0.25) is 0 Å². The Labute approximate surface area is 116 Å². The van der Waals surface area contributed by atoms with Gasteiger partial charge in [-0.15, -0.1) is 0 Å². The average molecular weight is 259 g/mol. The Morgan fingerprint density at radius 3 is 2.68 bits per heavy atom. The standard InChI is InChI=1S/C17H25NO/c1-3-4-5-6-7-8-15(18)17-12-14-11-13(2)9-10-16(14)19-17/h9-12,15H,3-8,18H2,1-2H3. The first-order valence-electron chi connectivity index (χ1n) is 7.46. The Hall–Kier alpha value is -1.28. The molecule has 0 bridgehead atoms. The van der Waals surface area contributed by atoms with Crippen molar-refractivity contribution in [3.63, 3.8) is 0 Å². The SMILES string of the molecule is CCCCCCCC(N)c1cc2cc(C)ccc2o1. The average Bonchev–Trinajstić information content (AvgIpc) is 2.81. The highest BCUT2D eigenvalue weighted by Gasteiger charge is 2.11. The largest absolute Gasteiger partial charge is 0.459 e. The fourth-order valence-corrected chi connectivity index (χ4v) is 2.48. The van der Waals surface area contributed by atoms with Crippen LogP contribution >= 0.6 is 0 Å². The van der Waals surface area contributed by atoms with Crippen LogP contribution in [0.5, 0.6) is 0 Å². The van der Waals surface area contributed by atoms with E-state index in [-0.39, 0.29) is 6.04 Å². The van der Waals surface area contributed by atoms with E-state index in [0.717, 1.165) is 23.2 Å². The highest BCUT2D eigenvalue weighted by Crippen LogP contribution is 2.26. The highest BCUT2D eigenvalue weighted by atomic mass is 16.3. The molecule has 0 saturated heterocycles. The summed E-state index contributed by atoms with van der Waals surface area (Å²) in [4.78, 5) is 0. The van der Waals surface area contributed by atoms with Crippen molar-refractivity contribution in [2.24, 2.45) is 5.73 Å². The molecule has 1 atom stereocenters. The van der Waals surface area contributed by atoms with Gasteiger partial charge >= 0.3 is 0 Å². The first kappa shape index (κ1) is 14.1. The van der Waals surface area contributed by atoms with Crippen molar-refractivity contribution >= 4 is 11.0 Å². The van der Waals surface area contributed by atoms with E-state index in [1.165, 1.54) is 37.7 Å². The van der Waals surface area contributed by atoms with Gasteiger partial charge in [-0.2, -0.15) is 0 Å². The van der Waals surface area contributed by atoms with Crippen LogP contribution in [0.25, 0.3) is 11.0 Å². The van der Waals surface area contributed by atoms with Crippen molar-refractivity contribution in [1.29, 1.82) is 0 Å². The molecule has 1 aromatic carbocycles. The fraction of sp³-hybridized carbons (Fsp3) is 0.529. The Kier molecular flexibility index (Phi) is 5.03. The first-order valence-corrected chi connectivity index (χ1v) is 7.46. The molecule has 2 nitrogen and oxygen atoms in total. The summed E-state index contributed by atoms with van der Waals surface area (Å²) in [6.45, 7) is 4.34. The van der Waals surface area contributed by atoms with Gasteiger partial charge in [0.1, 0.15) is 11.3 Å². The van der Waals surface area contributed by atoms with E-state index in [1.807, 2.05) is 6.07 Å². The Bertz CT molecular complexity index is 515. The van der Waals surface area contributed by atoms with Crippen molar-refractivity contribution in [3.8, 4) is 0 Å².